The van der Waals surface area contributed by atoms with Crippen LogP contribution in [0.5, 0.6) is 0 Å². The summed E-state index contributed by atoms with van der Waals surface area (Å²) in [6.07, 6.45) is 1.78. The molecule has 0 fully saturated rings. The molecule has 0 unspecified atom stereocenters. The van der Waals surface area contributed by atoms with Crippen molar-refractivity contribution < 1.29 is 0 Å². The van der Waals surface area contributed by atoms with Crippen LogP contribution in [0.2, 0.25) is 0 Å². The van der Waals surface area contributed by atoms with Crippen molar-refractivity contribution in [3.63, 3.8) is 0 Å². The average molecular weight is 249 g/mol. The van der Waals surface area contributed by atoms with Crippen LogP contribution in [0, 0.1) is 6.92 Å². The Labute approximate surface area is 112 Å². The maximum atomic E-state index is 6.03. The number of anilines is 3. The van der Waals surface area contributed by atoms with Gasteiger partial charge in [0.2, 0.25) is 0 Å². The molecule has 0 saturated heterocycles. The molecule has 0 radical (unpaired) electrons. The Morgan fingerprint density at radius 1 is 1.00 bits per heavy atom. The SMILES string of the molecule is Cc1ccc(N)c2ccnc(Nc3ccccc3)c12. The van der Waals surface area contributed by atoms with Gasteiger partial charge in [0.25, 0.3) is 0 Å². The zero-order valence-corrected chi connectivity index (χ0v) is 10.7. The quantitative estimate of drug-likeness (QED) is 0.678. The van der Waals surface area contributed by atoms with E-state index in [-0.39, 0.29) is 0 Å². The van der Waals surface area contributed by atoms with Crippen LogP contribution in [0.3, 0.4) is 0 Å². The molecule has 0 aliphatic rings. The second-order valence-corrected chi connectivity index (χ2v) is 4.54. The van der Waals surface area contributed by atoms with Crippen molar-refractivity contribution in [1.82, 2.24) is 4.98 Å². The molecule has 1 heterocycles. The maximum absolute atomic E-state index is 6.03. The highest BCUT2D eigenvalue weighted by atomic mass is 15.0. The van der Waals surface area contributed by atoms with E-state index in [2.05, 4.69) is 17.2 Å². The van der Waals surface area contributed by atoms with E-state index < -0.39 is 0 Å². The fourth-order valence-corrected chi connectivity index (χ4v) is 2.24. The van der Waals surface area contributed by atoms with Gasteiger partial charge in [-0.05, 0) is 36.8 Å². The van der Waals surface area contributed by atoms with Gasteiger partial charge in [-0.3, -0.25) is 0 Å². The Morgan fingerprint density at radius 3 is 2.58 bits per heavy atom. The van der Waals surface area contributed by atoms with Gasteiger partial charge in [-0.15, -0.1) is 0 Å². The molecule has 0 spiro atoms. The van der Waals surface area contributed by atoms with Crippen LogP contribution < -0.4 is 11.1 Å². The fraction of sp³-hybridized carbons (Fsp3) is 0.0625. The molecule has 0 amide bonds. The minimum absolute atomic E-state index is 0.777. The number of para-hydroxylation sites is 1. The highest BCUT2D eigenvalue weighted by Crippen LogP contribution is 2.30. The molecule has 0 atom stereocenters. The summed E-state index contributed by atoms with van der Waals surface area (Å²) in [4.78, 5) is 4.44. The molecule has 0 saturated carbocycles. The van der Waals surface area contributed by atoms with E-state index in [1.807, 2.05) is 48.5 Å². The Kier molecular flexibility index (Phi) is 2.80. The van der Waals surface area contributed by atoms with Crippen LogP contribution in [0.1, 0.15) is 5.56 Å². The van der Waals surface area contributed by atoms with E-state index in [0.29, 0.717) is 0 Å². The van der Waals surface area contributed by atoms with E-state index in [1.165, 1.54) is 0 Å². The lowest BCUT2D eigenvalue weighted by Crippen LogP contribution is -1.97. The van der Waals surface area contributed by atoms with Crippen LogP contribution in [0.25, 0.3) is 10.8 Å². The number of hydrogen-bond acceptors (Lipinski definition) is 3. The van der Waals surface area contributed by atoms with E-state index in [4.69, 9.17) is 5.73 Å². The number of fused-ring (bicyclic) bond motifs is 1. The second kappa shape index (κ2) is 4.61. The zero-order valence-electron chi connectivity index (χ0n) is 10.7. The van der Waals surface area contributed by atoms with Gasteiger partial charge in [0.15, 0.2) is 0 Å². The predicted molar refractivity (Wildman–Crippen MR) is 80.6 cm³/mol. The van der Waals surface area contributed by atoms with Gasteiger partial charge < -0.3 is 11.1 Å². The number of nitrogens with two attached hydrogens (primary N) is 1. The van der Waals surface area contributed by atoms with E-state index in [0.717, 1.165) is 33.5 Å². The number of aryl methyl sites for hydroxylation is 1. The summed E-state index contributed by atoms with van der Waals surface area (Å²) in [6, 6.07) is 15.9. The summed E-state index contributed by atoms with van der Waals surface area (Å²) in [7, 11) is 0. The average Bonchev–Trinajstić information content (AvgIpc) is 2.44. The number of nitrogens with zero attached hydrogens (tertiary/aromatic N) is 1. The van der Waals surface area contributed by atoms with Crippen LogP contribution in [0.15, 0.2) is 54.7 Å². The predicted octanol–water partition coefficient (Wildman–Crippen LogP) is 3.87. The highest BCUT2D eigenvalue weighted by molar-refractivity contribution is 6.02. The van der Waals surface area contributed by atoms with Gasteiger partial charge in [0.05, 0.1) is 0 Å². The highest BCUT2D eigenvalue weighted by Gasteiger charge is 2.07. The topological polar surface area (TPSA) is 50.9 Å². The first-order chi connectivity index (χ1) is 9.25. The largest absolute Gasteiger partial charge is 0.398 e. The van der Waals surface area contributed by atoms with Crippen molar-refractivity contribution in [3.05, 3.63) is 60.3 Å². The standard InChI is InChI=1S/C16H15N3/c1-11-7-8-14(17)13-9-10-18-16(15(11)13)19-12-5-3-2-4-6-12/h2-10H,17H2,1H3,(H,18,19). The Hall–Kier alpha value is -2.55. The molecule has 1 aromatic heterocycles. The lowest BCUT2D eigenvalue weighted by atomic mass is 10.1. The van der Waals surface area contributed by atoms with E-state index in [9.17, 15) is 0 Å². The van der Waals surface area contributed by atoms with Crippen molar-refractivity contribution >= 4 is 28.0 Å². The third-order valence-corrected chi connectivity index (χ3v) is 3.21. The first-order valence-corrected chi connectivity index (χ1v) is 6.21. The number of hydrogen-bond donors (Lipinski definition) is 2. The molecule has 3 rings (SSSR count). The van der Waals surface area contributed by atoms with Crippen molar-refractivity contribution in [2.45, 2.75) is 6.92 Å². The molecular formula is C16H15N3. The smallest absolute Gasteiger partial charge is 0.138 e. The molecule has 2 aromatic carbocycles. The molecule has 19 heavy (non-hydrogen) atoms. The van der Waals surface area contributed by atoms with Gasteiger partial charge in [-0.1, -0.05) is 24.3 Å². The normalized spacial score (nSPS) is 10.6. The molecule has 3 nitrogen and oxygen atoms in total. The molecular weight excluding hydrogens is 234 g/mol. The molecule has 94 valence electrons. The van der Waals surface area contributed by atoms with Gasteiger partial charge in [0.1, 0.15) is 5.82 Å². The van der Waals surface area contributed by atoms with Crippen molar-refractivity contribution in [1.29, 1.82) is 0 Å². The zero-order chi connectivity index (χ0) is 13.2. The summed E-state index contributed by atoms with van der Waals surface area (Å²) in [6.45, 7) is 2.07. The number of rotatable bonds is 2. The summed E-state index contributed by atoms with van der Waals surface area (Å²) < 4.78 is 0. The molecule has 0 aliphatic carbocycles. The van der Waals surface area contributed by atoms with Crippen LogP contribution in [-0.4, -0.2) is 4.98 Å². The summed E-state index contributed by atoms with van der Waals surface area (Å²) in [5, 5.41) is 5.46. The van der Waals surface area contributed by atoms with Crippen molar-refractivity contribution in [2.75, 3.05) is 11.1 Å². The third kappa shape index (κ3) is 2.10. The molecule has 0 aliphatic heterocycles. The van der Waals surface area contributed by atoms with E-state index >= 15 is 0 Å². The number of aromatic nitrogens is 1. The monoisotopic (exact) mass is 249 g/mol. The summed E-state index contributed by atoms with van der Waals surface area (Å²) in [5.74, 6) is 0.841. The lowest BCUT2D eigenvalue weighted by molar-refractivity contribution is 1.33. The maximum Gasteiger partial charge on any atom is 0.138 e. The van der Waals surface area contributed by atoms with Crippen molar-refractivity contribution in [3.8, 4) is 0 Å². The third-order valence-electron chi connectivity index (χ3n) is 3.21. The van der Waals surface area contributed by atoms with Crippen LogP contribution in [0.4, 0.5) is 17.2 Å². The van der Waals surface area contributed by atoms with Crippen LogP contribution in [-0.2, 0) is 0 Å². The van der Waals surface area contributed by atoms with Gasteiger partial charge in [-0.2, -0.15) is 0 Å². The number of benzene rings is 2. The van der Waals surface area contributed by atoms with Gasteiger partial charge >= 0.3 is 0 Å². The Balaban J connectivity index is 2.17. The molecule has 0 bridgehead atoms. The minimum Gasteiger partial charge on any atom is -0.398 e. The minimum atomic E-state index is 0.777. The molecule has 3 heteroatoms. The van der Waals surface area contributed by atoms with Gasteiger partial charge in [0, 0.05) is 28.3 Å². The first-order valence-electron chi connectivity index (χ1n) is 6.21. The Bertz CT molecular complexity index is 721. The number of nitrogen functional groups attached to an aromatic ring is 1. The summed E-state index contributed by atoms with van der Waals surface area (Å²) in [5.41, 5.74) is 8.99. The van der Waals surface area contributed by atoms with Crippen molar-refractivity contribution in [2.24, 2.45) is 0 Å². The second-order valence-electron chi connectivity index (χ2n) is 4.54. The van der Waals surface area contributed by atoms with Gasteiger partial charge in [-0.25, -0.2) is 4.98 Å². The van der Waals surface area contributed by atoms with Crippen LogP contribution >= 0.6 is 0 Å². The van der Waals surface area contributed by atoms with E-state index in [1.54, 1.807) is 6.20 Å². The summed E-state index contributed by atoms with van der Waals surface area (Å²) >= 11 is 0. The molecule has 3 N–H and O–H groups in total. The first kappa shape index (κ1) is 11.5. The Morgan fingerprint density at radius 2 is 1.79 bits per heavy atom. The number of nitrogens with one attached hydrogen (secondary N) is 1. The number of pyridine rings is 1. The lowest BCUT2D eigenvalue weighted by Gasteiger charge is -2.12. The molecule has 3 aromatic rings. The fourth-order valence-electron chi connectivity index (χ4n) is 2.24.